The minimum Gasteiger partial charge on any atom is -0.356 e. The van der Waals surface area contributed by atoms with Crippen LogP contribution in [0.15, 0.2) is 30.3 Å². The van der Waals surface area contributed by atoms with Crippen molar-refractivity contribution in [2.75, 3.05) is 25.9 Å². The van der Waals surface area contributed by atoms with Gasteiger partial charge in [0, 0.05) is 32.1 Å². The van der Waals surface area contributed by atoms with E-state index in [4.69, 9.17) is 5.73 Å². The Hall–Kier alpha value is -1.15. The van der Waals surface area contributed by atoms with Crippen LogP contribution in [0.4, 0.5) is 0 Å². The van der Waals surface area contributed by atoms with Crippen LogP contribution in [-0.2, 0) is 14.8 Å². The zero-order valence-corrected chi connectivity index (χ0v) is 15.2. The van der Waals surface area contributed by atoms with Crippen molar-refractivity contribution in [2.24, 2.45) is 5.73 Å². The van der Waals surface area contributed by atoms with Gasteiger partial charge in [0.25, 0.3) is 0 Å². The molecule has 132 valence electrons. The largest absolute Gasteiger partial charge is 0.356 e. The second-order valence-electron chi connectivity index (χ2n) is 5.18. The number of nitrogens with one attached hydrogen (secondary N) is 1. The summed E-state index contributed by atoms with van der Waals surface area (Å²) < 4.78 is 24.2. The summed E-state index contributed by atoms with van der Waals surface area (Å²) in [7, 11) is -3.17. The van der Waals surface area contributed by atoms with Crippen molar-refractivity contribution in [2.45, 2.75) is 25.8 Å². The highest BCUT2D eigenvalue weighted by Gasteiger charge is 2.14. The predicted molar refractivity (Wildman–Crippen MR) is 95.0 cm³/mol. The summed E-state index contributed by atoms with van der Waals surface area (Å²) >= 11 is 0. The smallest absolute Gasteiger partial charge is 0.221 e. The van der Waals surface area contributed by atoms with Crippen molar-refractivity contribution < 1.29 is 13.2 Å². The number of halogens is 1. The van der Waals surface area contributed by atoms with E-state index in [-0.39, 0.29) is 30.8 Å². The standard InChI is InChI=1S/C15H25N3O3S.ClH/c1-3-18(22(2,20)21)11-7-10-17-15(19)12-14(16)13-8-5-4-6-9-13;/h4-6,8-9,14H,3,7,10-12,16H2,1-2H3,(H,17,19);1H. The predicted octanol–water partition coefficient (Wildman–Crippen LogP) is 1.29. The van der Waals surface area contributed by atoms with Gasteiger partial charge in [0.2, 0.25) is 15.9 Å². The minimum atomic E-state index is -3.17. The van der Waals surface area contributed by atoms with Gasteiger partial charge >= 0.3 is 0 Å². The first kappa shape index (κ1) is 21.9. The second-order valence-corrected chi connectivity index (χ2v) is 7.16. The summed E-state index contributed by atoms with van der Waals surface area (Å²) in [4.78, 5) is 11.8. The molecular formula is C15H26ClN3O3S. The van der Waals surface area contributed by atoms with Gasteiger partial charge in [-0.3, -0.25) is 4.79 Å². The molecule has 6 nitrogen and oxygen atoms in total. The van der Waals surface area contributed by atoms with E-state index < -0.39 is 10.0 Å². The molecule has 0 aliphatic rings. The fourth-order valence-electron chi connectivity index (χ4n) is 2.13. The van der Waals surface area contributed by atoms with E-state index in [0.29, 0.717) is 26.1 Å². The van der Waals surface area contributed by atoms with Crippen molar-refractivity contribution in [1.82, 2.24) is 9.62 Å². The van der Waals surface area contributed by atoms with E-state index in [1.807, 2.05) is 30.3 Å². The lowest BCUT2D eigenvalue weighted by Gasteiger charge is -2.18. The Bertz CT molecular complexity index is 567. The molecule has 0 aliphatic heterocycles. The van der Waals surface area contributed by atoms with E-state index in [2.05, 4.69) is 5.32 Å². The average Bonchev–Trinajstić information content (AvgIpc) is 2.46. The number of nitrogens with two attached hydrogens (primary N) is 1. The molecule has 0 heterocycles. The number of amides is 1. The van der Waals surface area contributed by atoms with Gasteiger partial charge in [0.05, 0.1) is 6.26 Å². The molecule has 0 bridgehead atoms. The maximum atomic E-state index is 11.8. The van der Waals surface area contributed by atoms with Gasteiger partial charge in [-0.05, 0) is 12.0 Å². The molecule has 1 aromatic rings. The molecule has 23 heavy (non-hydrogen) atoms. The van der Waals surface area contributed by atoms with Crippen LogP contribution >= 0.6 is 12.4 Å². The number of carbonyl (C=O) groups excluding carboxylic acids is 1. The maximum Gasteiger partial charge on any atom is 0.221 e. The molecule has 0 aliphatic carbocycles. The first-order chi connectivity index (χ1) is 10.3. The fourth-order valence-corrected chi connectivity index (χ4v) is 3.06. The third-order valence-corrected chi connectivity index (χ3v) is 4.74. The number of carbonyl (C=O) groups is 1. The molecule has 1 atom stereocenters. The van der Waals surface area contributed by atoms with Crippen molar-refractivity contribution >= 4 is 28.3 Å². The highest BCUT2D eigenvalue weighted by atomic mass is 35.5. The zero-order chi connectivity index (χ0) is 16.6. The van der Waals surface area contributed by atoms with E-state index in [1.165, 1.54) is 10.6 Å². The molecule has 0 radical (unpaired) electrons. The Morgan fingerprint density at radius 1 is 1.30 bits per heavy atom. The molecule has 1 aromatic carbocycles. The number of nitrogens with zero attached hydrogens (tertiary/aromatic N) is 1. The Labute approximate surface area is 144 Å². The van der Waals surface area contributed by atoms with Gasteiger partial charge in [0.1, 0.15) is 0 Å². The molecule has 0 saturated heterocycles. The molecule has 0 fully saturated rings. The lowest BCUT2D eigenvalue weighted by atomic mass is 10.0. The van der Waals surface area contributed by atoms with Crippen LogP contribution < -0.4 is 11.1 Å². The molecular weight excluding hydrogens is 338 g/mol. The molecule has 3 N–H and O–H groups in total. The second kappa shape index (κ2) is 10.6. The molecule has 1 unspecified atom stereocenters. The van der Waals surface area contributed by atoms with Crippen LogP contribution in [0.25, 0.3) is 0 Å². The molecule has 0 aromatic heterocycles. The molecule has 0 saturated carbocycles. The van der Waals surface area contributed by atoms with E-state index in [0.717, 1.165) is 5.56 Å². The quantitative estimate of drug-likeness (QED) is 0.646. The lowest BCUT2D eigenvalue weighted by Crippen LogP contribution is -2.34. The molecule has 0 spiro atoms. The average molecular weight is 364 g/mol. The molecule has 1 rings (SSSR count). The summed E-state index contributed by atoms with van der Waals surface area (Å²) in [6, 6.07) is 9.13. The normalized spacial score (nSPS) is 12.5. The SMILES string of the molecule is CCN(CCCNC(=O)CC(N)c1ccccc1)S(C)(=O)=O.Cl. The number of benzene rings is 1. The van der Waals surface area contributed by atoms with Crippen molar-refractivity contribution in [3.05, 3.63) is 35.9 Å². The summed E-state index contributed by atoms with van der Waals surface area (Å²) in [6.45, 7) is 3.07. The van der Waals surface area contributed by atoms with Crippen molar-refractivity contribution in [1.29, 1.82) is 0 Å². The number of hydrogen-bond donors (Lipinski definition) is 2. The lowest BCUT2D eigenvalue weighted by molar-refractivity contribution is -0.121. The van der Waals surface area contributed by atoms with Gasteiger partial charge in [-0.2, -0.15) is 0 Å². The summed E-state index contributed by atoms with van der Waals surface area (Å²) in [5, 5.41) is 2.77. The summed E-state index contributed by atoms with van der Waals surface area (Å²) in [5.74, 6) is -0.126. The Kier molecular flexibility index (Phi) is 10.1. The van der Waals surface area contributed by atoms with Gasteiger partial charge in [-0.1, -0.05) is 37.3 Å². The maximum absolute atomic E-state index is 11.8. The van der Waals surface area contributed by atoms with Crippen LogP contribution in [0, 0.1) is 0 Å². The summed E-state index contributed by atoms with van der Waals surface area (Å²) in [5.41, 5.74) is 6.90. The van der Waals surface area contributed by atoms with Gasteiger partial charge in [0.15, 0.2) is 0 Å². The van der Waals surface area contributed by atoms with Crippen LogP contribution in [0.1, 0.15) is 31.4 Å². The Balaban J connectivity index is 0.00000484. The number of hydrogen-bond acceptors (Lipinski definition) is 4. The highest BCUT2D eigenvalue weighted by molar-refractivity contribution is 7.88. The fraction of sp³-hybridized carbons (Fsp3) is 0.533. The van der Waals surface area contributed by atoms with Crippen LogP contribution in [-0.4, -0.2) is 44.5 Å². The van der Waals surface area contributed by atoms with Crippen LogP contribution in [0.2, 0.25) is 0 Å². The van der Waals surface area contributed by atoms with Gasteiger partial charge in [-0.15, -0.1) is 12.4 Å². The van der Waals surface area contributed by atoms with Crippen LogP contribution in [0.3, 0.4) is 0 Å². The Morgan fingerprint density at radius 3 is 2.43 bits per heavy atom. The summed E-state index contributed by atoms with van der Waals surface area (Å²) in [6.07, 6.45) is 1.98. The van der Waals surface area contributed by atoms with E-state index >= 15 is 0 Å². The first-order valence-corrected chi connectivity index (χ1v) is 9.21. The van der Waals surface area contributed by atoms with Crippen molar-refractivity contribution in [3.8, 4) is 0 Å². The molecule has 8 heteroatoms. The zero-order valence-electron chi connectivity index (χ0n) is 13.6. The minimum absolute atomic E-state index is 0. The monoisotopic (exact) mass is 363 g/mol. The van der Waals surface area contributed by atoms with Crippen LogP contribution in [0.5, 0.6) is 0 Å². The third kappa shape index (κ3) is 8.31. The van der Waals surface area contributed by atoms with Gasteiger partial charge in [-0.25, -0.2) is 12.7 Å². The highest BCUT2D eigenvalue weighted by Crippen LogP contribution is 2.12. The van der Waals surface area contributed by atoms with E-state index in [1.54, 1.807) is 6.92 Å². The van der Waals surface area contributed by atoms with Crippen molar-refractivity contribution in [3.63, 3.8) is 0 Å². The number of sulfonamides is 1. The third-order valence-electron chi connectivity index (χ3n) is 3.36. The number of rotatable bonds is 9. The van der Waals surface area contributed by atoms with Gasteiger partial charge < -0.3 is 11.1 Å². The topological polar surface area (TPSA) is 92.5 Å². The Morgan fingerprint density at radius 2 is 1.91 bits per heavy atom. The molecule has 1 amide bonds. The first-order valence-electron chi connectivity index (χ1n) is 7.37. The van der Waals surface area contributed by atoms with E-state index in [9.17, 15) is 13.2 Å².